The zero-order valence-electron chi connectivity index (χ0n) is 46.7. The van der Waals surface area contributed by atoms with E-state index < -0.39 is 163 Å². The van der Waals surface area contributed by atoms with Crippen LogP contribution in [0.1, 0.15) is 84.3 Å². The Morgan fingerprint density at radius 2 is 1.20 bits per heavy atom. The summed E-state index contributed by atoms with van der Waals surface area (Å²) in [5, 5.41) is 60.8. The monoisotopic (exact) mass is 1160 g/mol. The van der Waals surface area contributed by atoms with E-state index in [2.05, 4.69) is 47.5 Å². The second-order valence-corrected chi connectivity index (χ2v) is 20.9. The Labute approximate surface area is 477 Å². The molecular weight excluding hydrogens is 1090 g/mol. The lowest BCUT2D eigenvalue weighted by Gasteiger charge is -2.32. The number of aliphatic hydroxyl groups excluding tert-OH is 3. The lowest BCUT2D eigenvalue weighted by molar-refractivity contribution is -0.145. The Hall–Kier alpha value is -8.54. The van der Waals surface area contributed by atoms with Gasteiger partial charge < -0.3 is 90.0 Å². The molecule has 1 aromatic heterocycles. The number of nitrogens with two attached hydrogens (primary N) is 3. The number of nitrogens with zero attached hydrogens (tertiary/aromatic N) is 1. The van der Waals surface area contributed by atoms with Crippen molar-refractivity contribution in [3.63, 3.8) is 0 Å². The van der Waals surface area contributed by atoms with Gasteiger partial charge in [0.25, 0.3) is 0 Å². The van der Waals surface area contributed by atoms with Crippen LogP contribution in [0.25, 0.3) is 10.9 Å². The molecule has 2 heterocycles. The molecule has 4 rings (SSSR count). The molecule has 0 radical (unpaired) electrons. The van der Waals surface area contributed by atoms with Crippen LogP contribution in [0.3, 0.4) is 0 Å². The number of aliphatic hydroxyl groups is 3. The predicted octanol–water partition coefficient (Wildman–Crippen LogP) is -4.80. The molecule has 29 heteroatoms. The number of aromatic nitrogens is 1. The fraction of sp³-hybridized carbons (Fsp3) is 0.519. The van der Waals surface area contributed by atoms with Gasteiger partial charge >= 0.3 is 5.97 Å². The Balaban J connectivity index is 1.55. The molecule has 1 aliphatic rings. The van der Waals surface area contributed by atoms with Crippen LogP contribution in [0.4, 0.5) is 0 Å². The predicted molar refractivity (Wildman–Crippen MR) is 296 cm³/mol. The minimum absolute atomic E-state index is 0.0132. The fourth-order valence-electron chi connectivity index (χ4n) is 9.12. The maximum atomic E-state index is 14.5. The first-order valence-electron chi connectivity index (χ1n) is 27.0. The van der Waals surface area contributed by atoms with Crippen molar-refractivity contribution in [3.8, 4) is 0 Å². The summed E-state index contributed by atoms with van der Waals surface area (Å²) < 4.78 is 0. The van der Waals surface area contributed by atoms with Gasteiger partial charge in [-0.25, -0.2) is 0 Å². The Morgan fingerprint density at radius 3 is 1.81 bits per heavy atom. The van der Waals surface area contributed by atoms with Crippen molar-refractivity contribution >= 4 is 81.9 Å². The number of aromatic amines is 1. The second-order valence-electron chi connectivity index (χ2n) is 20.9. The third-order valence-electron chi connectivity index (χ3n) is 13.5. The Kier molecular flexibility index (Phi) is 25.5. The second kappa shape index (κ2) is 31.6. The quantitative estimate of drug-likeness (QED) is 0.0279. The molecule has 0 aliphatic carbocycles. The lowest BCUT2D eigenvalue weighted by atomic mass is 10.0. The molecular formula is C54H77N13O16. The number of carboxylic acid groups (broad SMARTS) is 1. The SMILES string of the molecule is CC(C)C[C@H](NC(=O)[C@@H](N)CCC(=O)O)C(=O)N[C@H](C(=O)N[C@@H](Cc1ccccc1)C(=O)N[C@H](C(=O)N1CCC[C@H]1C(=O)N[C@@H](CC(N)=O)C(=O)N[C@@H](Cc1c[nH]c2ccccc12)C(=O)NCC(=O)N[C@H](C(N)=O)[C@@H](C)O)[C@@H](C)O)[C@@H](C)O. The molecule has 12 atom stereocenters. The molecule has 1 fully saturated rings. The molecule has 1 aliphatic heterocycles. The summed E-state index contributed by atoms with van der Waals surface area (Å²) in [4.78, 5) is 164. The molecule has 0 bridgehead atoms. The molecule has 454 valence electrons. The van der Waals surface area contributed by atoms with Crippen molar-refractivity contribution in [2.45, 2.75) is 159 Å². The van der Waals surface area contributed by atoms with E-state index in [1.807, 2.05) is 0 Å². The number of carbonyl (C=O) groups excluding carboxylic acids is 11. The van der Waals surface area contributed by atoms with Gasteiger partial charge in [-0.3, -0.25) is 57.5 Å². The van der Waals surface area contributed by atoms with E-state index in [1.54, 1.807) is 74.6 Å². The molecule has 0 saturated carbocycles. The van der Waals surface area contributed by atoms with Crippen molar-refractivity contribution < 1.29 is 78.0 Å². The van der Waals surface area contributed by atoms with Crippen molar-refractivity contribution in [2.24, 2.45) is 23.1 Å². The van der Waals surface area contributed by atoms with Crippen LogP contribution >= 0.6 is 0 Å². The van der Waals surface area contributed by atoms with E-state index >= 15 is 0 Å². The van der Waals surface area contributed by atoms with Crippen LogP contribution < -0.4 is 59.7 Å². The third kappa shape index (κ3) is 20.4. The summed E-state index contributed by atoms with van der Waals surface area (Å²) in [7, 11) is 0. The summed E-state index contributed by atoms with van der Waals surface area (Å²) in [6, 6.07) is 1.40. The number of carboxylic acids is 1. The molecule has 2 aromatic carbocycles. The Bertz CT molecular complexity index is 2810. The van der Waals surface area contributed by atoms with Crippen LogP contribution in [0.2, 0.25) is 0 Å². The van der Waals surface area contributed by atoms with E-state index in [4.69, 9.17) is 22.3 Å². The standard InChI is InChI=1S/C54H77N13O16/c1-26(2)20-35(60-47(76)33(55)17-18-42(73)74)50(79)65-44(28(4)69)53(82)63-36(21-30-12-7-6-8-13-30)51(80)66-45(29(5)70)54(83)67-19-11-16-39(67)52(81)62-38(23-40(56)71)49(78)61-37(22-31-24-58-34-15-10-9-14-32(31)34)48(77)59-25-41(72)64-43(27(3)68)46(57)75/h6-10,12-15,24,26-29,33,35-39,43-45,58,68-70H,11,16-23,25,55H2,1-5H3,(H2,56,71)(H2,57,75)(H,59,77)(H,60,76)(H,61,78)(H,62,81)(H,63,82)(H,64,72)(H,65,79)(H,66,80)(H,73,74)/t27-,28-,29-,33+,35+,36+,37+,38+,39+,43+,44+,45+/m1/s1. The summed E-state index contributed by atoms with van der Waals surface area (Å²) in [6.07, 6.45) is -4.75. The fourth-order valence-corrected chi connectivity index (χ4v) is 9.12. The van der Waals surface area contributed by atoms with E-state index in [9.17, 15) is 72.9 Å². The number of primary amides is 2. The average Bonchev–Trinajstić information content (AvgIpc) is 4.35. The van der Waals surface area contributed by atoms with Gasteiger partial charge in [0, 0.05) is 42.9 Å². The van der Waals surface area contributed by atoms with Crippen LogP contribution in [0, 0.1) is 5.92 Å². The number of fused-ring (bicyclic) bond motifs is 1. The van der Waals surface area contributed by atoms with Crippen LogP contribution in [-0.4, -0.2) is 187 Å². The van der Waals surface area contributed by atoms with Gasteiger partial charge in [0.15, 0.2) is 0 Å². The molecule has 19 N–H and O–H groups in total. The first-order chi connectivity index (χ1) is 39.1. The number of likely N-dealkylation sites (tertiary alicyclic amines) is 1. The zero-order valence-corrected chi connectivity index (χ0v) is 46.7. The Morgan fingerprint density at radius 1 is 0.639 bits per heavy atom. The molecule has 0 unspecified atom stereocenters. The summed E-state index contributed by atoms with van der Waals surface area (Å²) in [5.41, 5.74) is 18.4. The van der Waals surface area contributed by atoms with Gasteiger partial charge in [-0.2, -0.15) is 0 Å². The number of para-hydroxylation sites is 1. The number of H-pyrrole nitrogens is 1. The topological polar surface area (TPSA) is 479 Å². The highest BCUT2D eigenvalue weighted by molar-refractivity contribution is 6.00. The number of nitrogens with one attached hydrogen (secondary N) is 9. The highest BCUT2D eigenvalue weighted by atomic mass is 16.4. The highest BCUT2D eigenvalue weighted by Crippen LogP contribution is 2.22. The number of aliphatic carboxylic acids is 1. The smallest absolute Gasteiger partial charge is 0.303 e. The highest BCUT2D eigenvalue weighted by Gasteiger charge is 2.42. The minimum atomic E-state index is -1.79. The molecule has 83 heavy (non-hydrogen) atoms. The van der Waals surface area contributed by atoms with Crippen LogP contribution in [0.5, 0.6) is 0 Å². The van der Waals surface area contributed by atoms with Crippen molar-refractivity contribution in [2.75, 3.05) is 13.1 Å². The van der Waals surface area contributed by atoms with Crippen molar-refractivity contribution in [1.82, 2.24) is 52.4 Å². The van der Waals surface area contributed by atoms with Gasteiger partial charge in [-0.05, 0) is 69.6 Å². The maximum Gasteiger partial charge on any atom is 0.303 e. The maximum absolute atomic E-state index is 14.5. The van der Waals surface area contributed by atoms with Gasteiger partial charge in [0.05, 0.1) is 37.3 Å². The lowest BCUT2D eigenvalue weighted by Crippen LogP contribution is -2.63. The third-order valence-corrected chi connectivity index (χ3v) is 13.5. The number of amides is 11. The van der Waals surface area contributed by atoms with E-state index in [0.29, 0.717) is 22.0 Å². The summed E-state index contributed by atoms with van der Waals surface area (Å²) in [5.74, 6) is -12.3. The van der Waals surface area contributed by atoms with Gasteiger partial charge in [-0.15, -0.1) is 0 Å². The normalized spacial score (nSPS) is 17.1. The number of hydrogen-bond donors (Lipinski definition) is 16. The number of carbonyl (C=O) groups is 12. The van der Waals surface area contributed by atoms with E-state index in [-0.39, 0.29) is 51.0 Å². The molecule has 29 nitrogen and oxygen atoms in total. The van der Waals surface area contributed by atoms with Crippen LogP contribution in [0.15, 0.2) is 60.8 Å². The van der Waals surface area contributed by atoms with Gasteiger partial charge in [0.2, 0.25) is 65.0 Å². The first-order valence-corrected chi connectivity index (χ1v) is 27.0. The number of hydrogen-bond acceptors (Lipinski definition) is 16. The van der Waals surface area contributed by atoms with E-state index in [1.165, 1.54) is 20.8 Å². The number of rotatable bonds is 32. The van der Waals surface area contributed by atoms with Gasteiger partial charge in [0.1, 0.15) is 48.3 Å². The first kappa shape index (κ1) is 67.0. The molecule has 0 spiro atoms. The molecule has 11 amide bonds. The van der Waals surface area contributed by atoms with Crippen LogP contribution in [-0.2, 0) is 70.4 Å². The zero-order chi connectivity index (χ0) is 61.8. The summed E-state index contributed by atoms with van der Waals surface area (Å²) >= 11 is 0. The minimum Gasteiger partial charge on any atom is -0.481 e. The van der Waals surface area contributed by atoms with Crippen molar-refractivity contribution in [3.05, 3.63) is 71.9 Å². The molecule has 1 saturated heterocycles. The average molecular weight is 1160 g/mol. The number of benzene rings is 2. The van der Waals surface area contributed by atoms with Crippen molar-refractivity contribution in [1.29, 1.82) is 0 Å². The van der Waals surface area contributed by atoms with Gasteiger partial charge in [-0.1, -0.05) is 62.4 Å². The largest absolute Gasteiger partial charge is 0.481 e. The summed E-state index contributed by atoms with van der Waals surface area (Å²) in [6.45, 7) is 6.21. The molecule has 3 aromatic rings. The van der Waals surface area contributed by atoms with E-state index in [0.717, 1.165) is 4.90 Å².